The number of nitrogens with one attached hydrogen (secondary N) is 1. The third-order valence-electron chi connectivity index (χ3n) is 5.60. The monoisotopic (exact) mass is 518 g/mol. The summed E-state index contributed by atoms with van der Waals surface area (Å²) in [6.45, 7) is 1.94. The van der Waals surface area contributed by atoms with Crippen molar-refractivity contribution in [1.82, 2.24) is 24.4 Å². The molecular formula is C25H26Cl2F2N6. The Morgan fingerprint density at radius 2 is 1.74 bits per heavy atom. The van der Waals surface area contributed by atoms with Crippen LogP contribution in [0.2, 0.25) is 10.0 Å². The van der Waals surface area contributed by atoms with Crippen molar-refractivity contribution < 1.29 is 8.78 Å². The second-order valence-corrected chi connectivity index (χ2v) is 9.37. The van der Waals surface area contributed by atoms with Crippen molar-refractivity contribution in [3.8, 4) is 11.4 Å². The highest BCUT2D eigenvalue weighted by atomic mass is 35.5. The molecular weight excluding hydrogens is 493 g/mol. The second kappa shape index (κ2) is 11.3. The summed E-state index contributed by atoms with van der Waals surface area (Å²) in [6, 6.07) is 9.12. The molecule has 0 spiro atoms. The van der Waals surface area contributed by atoms with E-state index in [4.69, 9.17) is 28.2 Å². The standard InChI is InChI=1S/C25H26Cl2F2N6/c1-34(2)11-4-3-5-12-35-23-21(32-24(35)22-17(26)7-6-8-18(22)27)15-31-25(33-23)30-14-16-9-10-19(28)20(29)13-16/h6-10,13,15H,3-5,11-12,14H2,1-2H3,(H,30,31,33). The molecule has 0 bridgehead atoms. The third-order valence-corrected chi connectivity index (χ3v) is 6.23. The lowest BCUT2D eigenvalue weighted by Gasteiger charge is -2.12. The van der Waals surface area contributed by atoms with Crippen LogP contribution >= 0.6 is 23.2 Å². The summed E-state index contributed by atoms with van der Waals surface area (Å²) in [6.07, 6.45) is 4.68. The van der Waals surface area contributed by atoms with E-state index >= 15 is 0 Å². The number of hydrogen-bond acceptors (Lipinski definition) is 5. The van der Waals surface area contributed by atoms with Gasteiger partial charge in [-0.3, -0.25) is 0 Å². The Kier molecular flexibility index (Phi) is 8.15. The molecule has 35 heavy (non-hydrogen) atoms. The lowest BCUT2D eigenvalue weighted by atomic mass is 10.2. The van der Waals surface area contributed by atoms with Gasteiger partial charge >= 0.3 is 0 Å². The Labute approximate surface area is 212 Å². The minimum absolute atomic E-state index is 0.241. The first-order valence-corrected chi connectivity index (χ1v) is 12.1. The average molecular weight is 519 g/mol. The van der Waals surface area contributed by atoms with E-state index in [0.717, 1.165) is 37.9 Å². The van der Waals surface area contributed by atoms with Crippen LogP contribution in [0.3, 0.4) is 0 Å². The smallest absolute Gasteiger partial charge is 0.225 e. The topological polar surface area (TPSA) is 58.9 Å². The Morgan fingerprint density at radius 3 is 2.46 bits per heavy atom. The molecule has 0 radical (unpaired) electrons. The van der Waals surface area contributed by atoms with Gasteiger partial charge in [-0.1, -0.05) is 41.8 Å². The fourth-order valence-corrected chi connectivity index (χ4v) is 4.39. The predicted octanol–water partition coefficient (Wildman–Crippen LogP) is 6.42. The normalized spacial score (nSPS) is 11.5. The summed E-state index contributed by atoms with van der Waals surface area (Å²) in [7, 11) is 4.12. The molecule has 0 fully saturated rings. The number of rotatable bonds is 10. The molecule has 4 aromatic rings. The van der Waals surface area contributed by atoms with Crippen molar-refractivity contribution in [3.05, 3.63) is 69.8 Å². The summed E-state index contributed by atoms with van der Waals surface area (Å²) in [5.41, 5.74) is 2.48. The fourth-order valence-electron chi connectivity index (χ4n) is 3.82. The molecule has 184 valence electrons. The van der Waals surface area contributed by atoms with Gasteiger partial charge in [0.1, 0.15) is 11.3 Å². The zero-order valence-corrected chi connectivity index (χ0v) is 21.0. The molecule has 6 nitrogen and oxygen atoms in total. The number of benzene rings is 2. The lowest BCUT2D eigenvalue weighted by molar-refractivity contribution is 0.389. The summed E-state index contributed by atoms with van der Waals surface area (Å²) < 4.78 is 28.8. The van der Waals surface area contributed by atoms with Crippen LogP contribution in [0, 0.1) is 11.6 Å². The zero-order valence-electron chi connectivity index (χ0n) is 19.5. The predicted molar refractivity (Wildman–Crippen MR) is 137 cm³/mol. The maximum Gasteiger partial charge on any atom is 0.225 e. The van der Waals surface area contributed by atoms with E-state index in [1.165, 1.54) is 6.07 Å². The van der Waals surface area contributed by atoms with Crippen molar-refractivity contribution in [2.45, 2.75) is 32.4 Å². The quantitative estimate of drug-likeness (QED) is 0.245. The van der Waals surface area contributed by atoms with Crippen molar-refractivity contribution >= 4 is 40.3 Å². The molecule has 1 N–H and O–H groups in total. The van der Waals surface area contributed by atoms with Gasteiger partial charge < -0.3 is 14.8 Å². The van der Waals surface area contributed by atoms with Crippen LogP contribution in [0.1, 0.15) is 24.8 Å². The van der Waals surface area contributed by atoms with E-state index in [1.807, 2.05) is 4.57 Å². The lowest BCUT2D eigenvalue weighted by Crippen LogP contribution is -2.13. The van der Waals surface area contributed by atoms with Crippen LogP contribution in [-0.4, -0.2) is 45.1 Å². The van der Waals surface area contributed by atoms with Crippen LogP contribution in [0.4, 0.5) is 14.7 Å². The van der Waals surface area contributed by atoms with Gasteiger partial charge in [0.05, 0.1) is 21.8 Å². The van der Waals surface area contributed by atoms with E-state index in [2.05, 4.69) is 34.3 Å². The summed E-state index contributed by atoms with van der Waals surface area (Å²) in [4.78, 5) is 15.9. The first-order chi connectivity index (χ1) is 16.8. The van der Waals surface area contributed by atoms with Crippen LogP contribution < -0.4 is 5.32 Å². The Hall–Kier alpha value is -2.81. The van der Waals surface area contributed by atoms with Crippen LogP contribution in [0.5, 0.6) is 0 Å². The number of halogens is 4. The number of aryl methyl sites for hydroxylation is 1. The van der Waals surface area contributed by atoms with Crippen molar-refractivity contribution in [1.29, 1.82) is 0 Å². The molecule has 2 heterocycles. The number of anilines is 1. The zero-order chi connectivity index (χ0) is 24.9. The van der Waals surface area contributed by atoms with Gasteiger partial charge in [-0.2, -0.15) is 4.98 Å². The Bertz CT molecular complexity index is 1300. The van der Waals surface area contributed by atoms with Gasteiger partial charge in [0.25, 0.3) is 0 Å². The average Bonchev–Trinajstić information content (AvgIpc) is 3.16. The van der Waals surface area contributed by atoms with Crippen LogP contribution in [0.25, 0.3) is 22.6 Å². The number of hydrogen-bond donors (Lipinski definition) is 1. The number of imidazole rings is 1. The summed E-state index contributed by atoms with van der Waals surface area (Å²) in [5, 5.41) is 4.09. The number of nitrogens with zero attached hydrogens (tertiary/aromatic N) is 5. The molecule has 0 aliphatic carbocycles. The maximum absolute atomic E-state index is 13.5. The van der Waals surface area contributed by atoms with Gasteiger partial charge in [0, 0.05) is 13.1 Å². The second-order valence-electron chi connectivity index (χ2n) is 8.55. The van der Waals surface area contributed by atoms with Crippen LogP contribution in [0.15, 0.2) is 42.6 Å². The minimum Gasteiger partial charge on any atom is -0.350 e. The van der Waals surface area contributed by atoms with Crippen LogP contribution in [-0.2, 0) is 13.1 Å². The molecule has 0 amide bonds. The molecule has 2 aromatic carbocycles. The molecule has 10 heteroatoms. The third kappa shape index (κ3) is 6.07. The van der Waals surface area contributed by atoms with Crippen molar-refractivity contribution in [2.24, 2.45) is 0 Å². The van der Waals surface area contributed by atoms with Gasteiger partial charge in [-0.05, 0) is 63.3 Å². The maximum atomic E-state index is 13.5. The highest BCUT2D eigenvalue weighted by Crippen LogP contribution is 2.35. The molecule has 0 saturated carbocycles. The highest BCUT2D eigenvalue weighted by Gasteiger charge is 2.19. The van der Waals surface area contributed by atoms with Crippen molar-refractivity contribution in [3.63, 3.8) is 0 Å². The van der Waals surface area contributed by atoms with E-state index < -0.39 is 11.6 Å². The first kappa shape index (κ1) is 25.3. The Balaban J connectivity index is 1.64. The molecule has 0 unspecified atom stereocenters. The molecule has 0 aliphatic heterocycles. The van der Waals surface area contributed by atoms with Gasteiger partial charge in [0.2, 0.25) is 5.95 Å². The highest BCUT2D eigenvalue weighted by molar-refractivity contribution is 6.39. The van der Waals surface area contributed by atoms with Crippen molar-refractivity contribution in [2.75, 3.05) is 26.0 Å². The minimum atomic E-state index is -0.894. The van der Waals surface area contributed by atoms with E-state index in [1.54, 1.807) is 24.4 Å². The fraction of sp³-hybridized carbons (Fsp3) is 0.320. The largest absolute Gasteiger partial charge is 0.350 e. The summed E-state index contributed by atoms with van der Waals surface area (Å²) in [5.74, 6) is -0.788. The molecule has 0 aliphatic rings. The molecule has 0 atom stereocenters. The molecule has 0 saturated heterocycles. The SMILES string of the molecule is CN(C)CCCCCn1c(-c2c(Cl)cccc2Cl)nc2cnc(NCc3ccc(F)c(F)c3)nc21. The van der Waals surface area contributed by atoms with E-state index in [-0.39, 0.29) is 6.54 Å². The van der Waals surface area contributed by atoms with Gasteiger partial charge in [0.15, 0.2) is 17.3 Å². The van der Waals surface area contributed by atoms with Gasteiger partial charge in [-0.25, -0.2) is 18.7 Å². The van der Waals surface area contributed by atoms with E-state index in [0.29, 0.717) is 50.7 Å². The first-order valence-electron chi connectivity index (χ1n) is 11.3. The number of fused-ring (bicyclic) bond motifs is 1. The number of aromatic nitrogens is 4. The molecule has 4 rings (SSSR count). The van der Waals surface area contributed by atoms with Gasteiger partial charge in [-0.15, -0.1) is 0 Å². The number of unbranched alkanes of at least 4 members (excludes halogenated alkanes) is 2. The summed E-state index contributed by atoms with van der Waals surface area (Å²) >= 11 is 13.0. The van der Waals surface area contributed by atoms with E-state index in [9.17, 15) is 8.78 Å². The Morgan fingerprint density at radius 1 is 0.971 bits per heavy atom. The molecule has 2 aromatic heterocycles.